The van der Waals surface area contributed by atoms with E-state index in [9.17, 15) is 14.7 Å². The standard InChI is InChI=1S/C18H21N3O4/c1-25-18(24)21-16-7-4-5-14(10-16)17(23)20-11-13(12-22)9-15-6-2-3-8-19-15/h2-8,10,13,22H,9,11-12H2,1H3,(H,20,23)(H,21,24)/t13-/m0/s1. The lowest BCUT2D eigenvalue weighted by Crippen LogP contribution is -2.32. The van der Waals surface area contributed by atoms with Gasteiger partial charge in [-0.2, -0.15) is 0 Å². The number of aliphatic hydroxyl groups is 1. The summed E-state index contributed by atoms with van der Waals surface area (Å²) in [6.45, 7) is 0.265. The van der Waals surface area contributed by atoms with Crippen molar-refractivity contribution >= 4 is 17.7 Å². The Labute approximate surface area is 146 Å². The number of aliphatic hydroxyl groups excluding tert-OH is 1. The zero-order valence-corrected chi connectivity index (χ0v) is 13.9. The first-order valence-electron chi connectivity index (χ1n) is 7.86. The van der Waals surface area contributed by atoms with Crippen LogP contribution in [-0.2, 0) is 11.2 Å². The Bertz CT molecular complexity index is 706. The van der Waals surface area contributed by atoms with Crippen LogP contribution >= 0.6 is 0 Å². The van der Waals surface area contributed by atoms with Crippen LogP contribution in [0.4, 0.5) is 10.5 Å². The van der Waals surface area contributed by atoms with Crippen LogP contribution in [0.2, 0.25) is 0 Å². The van der Waals surface area contributed by atoms with E-state index < -0.39 is 6.09 Å². The van der Waals surface area contributed by atoms with Gasteiger partial charge in [0.2, 0.25) is 0 Å². The molecule has 1 aromatic heterocycles. The van der Waals surface area contributed by atoms with E-state index >= 15 is 0 Å². The molecule has 1 atom stereocenters. The molecule has 3 N–H and O–H groups in total. The van der Waals surface area contributed by atoms with Crippen LogP contribution in [0.25, 0.3) is 0 Å². The van der Waals surface area contributed by atoms with Crippen molar-refractivity contribution in [3.8, 4) is 0 Å². The normalized spacial score (nSPS) is 11.4. The third-order valence-electron chi connectivity index (χ3n) is 3.59. The Morgan fingerprint density at radius 3 is 2.76 bits per heavy atom. The largest absolute Gasteiger partial charge is 0.453 e. The van der Waals surface area contributed by atoms with Gasteiger partial charge in [0.1, 0.15) is 0 Å². The minimum Gasteiger partial charge on any atom is -0.453 e. The molecule has 7 nitrogen and oxygen atoms in total. The van der Waals surface area contributed by atoms with Crippen LogP contribution in [0.1, 0.15) is 16.1 Å². The monoisotopic (exact) mass is 343 g/mol. The Morgan fingerprint density at radius 2 is 2.08 bits per heavy atom. The number of nitrogens with one attached hydrogen (secondary N) is 2. The highest BCUT2D eigenvalue weighted by Gasteiger charge is 2.13. The van der Waals surface area contributed by atoms with Gasteiger partial charge in [0.15, 0.2) is 0 Å². The van der Waals surface area contributed by atoms with Crippen molar-refractivity contribution in [2.24, 2.45) is 5.92 Å². The number of methoxy groups -OCH3 is 1. The smallest absolute Gasteiger partial charge is 0.411 e. The molecule has 2 rings (SSSR count). The number of nitrogens with zero attached hydrogens (tertiary/aromatic N) is 1. The molecule has 0 bridgehead atoms. The summed E-state index contributed by atoms with van der Waals surface area (Å²) in [5.41, 5.74) is 1.73. The molecule has 132 valence electrons. The van der Waals surface area contributed by atoms with Gasteiger partial charge in [0.05, 0.1) is 7.11 Å². The second kappa shape index (κ2) is 9.39. The Morgan fingerprint density at radius 1 is 1.24 bits per heavy atom. The Kier molecular flexibility index (Phi) is 6.91. The third-order valence-corrected chi connectivity index (χ3v) is 3.59. The second-order valence-electron chi connectivity index (χ2n) is 5.48. The van der Waals surface area contributed by atoms with E-state index in [1.54, 1.807) is 30.5 Å². The summed E-state index contributed by atoms with van der Waals surface area (Å²) in [4.78, 5) is 27.7. The van der Waals surface area contributed by atoms with Crippen molar-refractivity contribution in [3.63, 3.8) is 0 Å². The molecule has 0 aliphatic rings. The molecule has 1 heterocycles. The van der Waals surface area contributed by atoms with Crippen LogP contribution < -0.4 is 10.6 Å². The number of amides is 2. The minimum atomic E-state index is -0.603. The average Bonchev–Trinajstić information content (AvgIpc) is 2.65. The van der Waals surface area contributed by atoms with Gasteiger partial charge in [0, 0.05) is 42.2 Å². The fourth-order valence-electron chi connectivity index (χ4n) is 2.26. The zero-order valence-electron chi connectivity index (χ0n) is 13.9. The first-order chi connectivity index (χ1) is 12.1. The van der Waals surface area contributed by atoms with Gasteiger partial charge in [-0.15, -0.1) is 0 Å². The molecule has 2 amide bonds. The minimum absolute atomic E-state index is 0.0548. The number of benzene rings is 1. The summed E-state index contributed by atoms with van der Waals surface area (Å²) < 4.78 is 4.52. The lowest BCUT2D eigenvalue weighted by molar-refractivity contribution is 0.0939. The summed E-state index contributed by atoms with van der Waals surface area (Å²) in [5, 5.41) is 14.8. The lowest BCUT2D eigenvalue weighted by atomic mass is 10.0. The van der Waals surface area contributed by atoms with Crippen LogP contribution in [0.3, 0.4) is 0 Å². The van der Waals surface area contributed by atoms with Crippen molar-refractivity contribution in [1.29, 1.82) is 0 Å². The van der Waals surface area contributed by atoms with E-state index in [0.717, 1.165) is 5.69 Å². The molecule has 0 saturated carbocycles. The number of anilines is 1. The number of pyridine rings is 1. The van der Waals surface area contributed by atoms with Crippen molar-refractivity contribution in [3.05, 3.63) is 59.9 Å². The maximum Gasteiger partial charge on any atom is 0.411 e. The number of hydrogen-bond acceptors (Lipinski definition) is 5. The molecule has 2 aromatic rings. The quantitative estimate of drug-likeness (QED) is 0.712. The van der Waals surface area contributed by atoms with E-state index in [-0.39, 0.29) is 18.4 Å². The van der Waals surface area contributed by atoms with Crippen molar-refractivity contribution in [2.75, 3.05) is 25.6 Å². The summed E-state index contributed by atoms with van der Waals surface area (Å²) >= 11 is 0. The lowest BCUT2D eigenvalue weighted by Gasteiger charge is -2.15. The summed E-state index contributed by atoms with van der Waals surface area (Å²) in [7, 11) is 1.27. The molecule has 0 spiro atoms. The highest BCUT2D eigenvalue weighted by molar-refractivity contribution is 5.96. The molecular formula is C18H21N3O4. The SMILES string of the molecule is COC(=O)Nc1cccc(C(=O)NC[C@@H](CO)Cc2ccccn2)c1. The number of hydrogen-bond donors (Lipinski definition) is 3. The molecule has 1 aromatic carbocycles. The van der Waals surface area contributed by atoms with Crippen LogP contribution in [0.5, 0.6) is 0 Å². The average molecular weight is 343 g/mol. The predicted octanol–water partition coefficient (Wildman–Crippen LogP) is 1.84. The fraction of sp³-hybridized carbons (Fsp3) is 0.278. The van der Waals surface area contributed by atoms with Gasteiger partial charge < -0.3 is 15.2 Å². The highest BCUT2D eigenvalue weighted by atomic mass is 16.5. The molecule has 25 heavy (non-hydrogen) atoms. The third kappa shape index (κ3) is 5.89. The topological polar surface area (TPSA) is 101 Å². The van der Waals surface area contributed by atoms with E-state index in [1.807, 2.05) is 18.2 Å². The van der Waals surface area contributed by atoms with Crippen molar-refractivity contribution < 1.29 is 19.4 Å². The second-order valence-corrected chi connectivity index (χ2v) is 5.48. The maximum absolute atomic E-state index is 12.3. The maximum atomic E-state index is 12.3. The van der Waals surface area contributed by atoms with E-state index in [4.69, 9.17) is 0 Å². The van der Waals surface area contributed by atoms with Crippen molar-refractivity contribution in [2.45, 2.75) is 6.42 Å². The first-order valence-corrected chi connectivity index (χ1v) is 7.86. The molecule has 0 unspecified atom stereocenters. The predicted molar refractivity (Wildman–Crippen MR) is 93.3 cm³/mol. The zero-order chi connectivity index (χ0) is 18.1. The highest BCUT2D eigenvalue weighted by Crippen LogP contribution is 2.11. The fourth-order valence-corrected chi connectivity index (χ4v) is 2.26. The molecular weight excluding hydrogens is 322 g/mol. The summed E-state index contributed by atoms with van der Waals surface area (Å²) in [6.07, 6.45) is 1.66. The molecule has 0 aliphatic carbocycles. The molecule has 0 radical (unpaired) electrons. The number of aromatic nitrogens is 1. The van der Waals surface area contributed by atoms with Gasteiger partial charge in [-0.25, -0.2) is 4.79 Å². The van der Waals surface area contributed by atoms with Gasteiger partial charge in [-0.05, 0) is 36.8 Å². The van der Waals surface area contributed by atoms with E-state index in [0.29, 0.717) is 24.2 Å². The molecule has 7 heteroatoms. The molecule has 0 fully saturated rings. The van der Waals surface area contributed by atoms with E-state index in [1.165, 1.54) is 7.11 Å². The molecule has 0 saturated heterocycles. The summed E-state index contributed by atoms with van der Waals surface area (Å²) in [6, 6.07) is 12.1. The van der Waals surface area contributed by atoms with Crippen LogP contribution in [-0.4, -0.2) is 42.4 Å². The number of carbonyl (C=O) groups is 2. The number of rotatable bonds is 7. The van der Waals surface area contributed by atoms with Crippen LogP contribution in [0, 0.1) is 5.92 Å². The van der Waals surface area contributed by atoms with Gasteiger partial charge >= 0.3 is 6.09 Å². The Hall–Kier alpha value is -2.93. The Balaban J connectivity index is 1.92. The number of ether oxygens (including phenoxy) is 1. The van der Waals surface area contributed by atoms with Crippen LogP contribution in [0.15, 0.2) is 48.7 Å². The van der Waals surface area contributed by atoms with Gasteiger partial charge in [-0.3, -0.25) is 15.1 Å². The molecule has 0 aliphatic heterocycles. The number of carbonyl (C=O) groups excluding carboxylic acids is 2. The summed E-state index contributed by atoms with van der Waals surface area (Å²) in [5.74, 6) is -0.414. The van der Waals surface area contributed by atoms with Gasteiger partial charge in [0.25, 0.3) is 5.91 Å². The first kappa shape index (κ1) is 18.4. The van der Waals surface area contributed by atoms with E-state index in [2.05, 4.69) is 20.4 Å². The van der Waals surface area contributed by atoms with Gasteiger partial charge in [-0.1, -0.05) is 12.1 Å². The van der Waals surface area contributed by atoms with Crippen molar-refractivity contribution in [1.82, 2.24) is 10.3 Å².